The number of rotatable bonds is 6. The third-order valence-corrected chi connectivity index (χ3v) is 7.86. The molecule has 3 aromatic rings. The summed E-state index contributed by atoms with van der Waals surface area (Å²) in [5, 5.41) is 3.36. The number of carbonyl (C=O) groups is 2. The Morgan fingerprint density at radius 2 is 1.80 bits per heavy atom. The molecule has 0 bridgehead atoms. The van der Waals surface area contributed by atoms with Gasteiger partial charge in [0.1, 0.15) is 17.0 Å². The molecular formula is C29H37N3O3. The van der Waals surface area contributed by atoms with Crippen molar-refractivity contribution in [3.05, 3.63) is 59.5 Å². The van der Waals surface area contributed by atoms with E-state index in [1.807, 2.05) is 53.6 Å². The topological polar surface area (TPSA) is 67.5 Å². The molecule has 1 N–H and O–H groups in total. The lowest BCUT2D eigenvalue weighted by molar-refractivity contribution is -0.133. The molecule has 2 amide bonds. The third-order valence-electron chi connectivity index (χ3n) is 7.86. The van der Waals surface area contributed by atoms with Crippen molar-refractivity contribution in [2.24, 2.45) is 0 Å². The van der Waals surface area contributed by atoms with E-state index in [0.29, 0.717) is 24.4 Å². The molecule has 2 aliphatic rings. The fourth-order valence-electron chi connectivity index (χ4n) is 5.84. The van der Waals surface area contributed by atoms with Crippen molar-refractivity contribution in [1.82, 2.24) is 14.8 Å². The molecule has 1 atom stereocenters. The van der Waals surface area contributed by atoms with Crippen LogP contribution in [0.2, 0.25) is 0 Å². The molecule has 0 spiro atoms. The zero-order valence-corrected chi connectivity index (χ0v) is 21.0. The fourth-order valence-corrected chi connectivity index (χ4v) is 5.84. The van der Waals surface area contributed by atoms with Crippen LogP contribution in [0, 0.1) is 6.92 Å². The van der Waals surface area contributed by atoms with Crippen molar-refractivity contribution >= 4 is 22.9 Å². The van der Waals surface area contributed by atoms with Crippen molar-refractivity contribution in [3.8, 4) is 0 Å². The zero-order valence-electron chi connectivity index (χ0n) is 21.0. The Morgan fingerprint density at radius 3 is 2.54 bits per heavy atom. The monoisotopic (exact) mass is 475 g/mol. The molecule has 0 radical (unpaired) electrons. The predicted molar refractivity (Wildman–Crippen MR) is 137 cm³/mol. The number of aryl methyl sites for hydroxylation is 2. The van der Waals surface area contributed by atoms with Crippen LogP contribution >= 0.6 is 0 Å². The first-order valence-electron chi connectivity index (χ1n) is 13.2. The van der Waals surface area contributed by atoms with Crippen molar-refractivity contribution < 1.29 is 14.0 Å². The Balaban J connectivity index is 1.42. The van der Waals surface area contributed by atoms with Gasteiger partial charge in [0.05, 0.1) is 12.1 Å². The Bertz CT molecular complexity index is 1190. The standard InChI is InChI=1S/C29H37N3O3/c1-21-18-24-26(35-21)19-25-27(33)32(17-11-14-22-12-7-6-8-13-22)29(2,20-31(24)25)28(34)30-23-15-9-4-3-5-10-16-23/h6-8,12-13,18-19,23H,3-5,9-11,14-17,20H2,1-2H3,(H,30,34)/t29-/m0/s1. The highest BCUT2D eigenvalue weighted by atomic mass is 16.3. The van der Waals surface area contributed by atoms with Crippen LogP contribution in [0.3, 0.4) is 0 Å². The first kappa shape index (κ1) is 23.7. The average molecular weight is 476 g/mol. The second kappa shape index (κ2) is 9.92. The summed E-state index contributed by atoms with van der Waals surface area (Å²) in [6.07, 6.45) is 9.77. The number of nitrogens with zero attached hydrogens (tertiary/aromatic N) is 2. The molecule has 1 saturated carbocycles. The van der Waals surface area contributed by atoms with Crippen LogP contribution in [0.25, 0.3) is 11.1 Å². The summed E-state index contributed by atoms with van der Waals surface area (Å²) in [6, 6.07) is 14.3. The Morgan fingerprint density at radius 1 is 1.09 bits per heavy atom. The maximum absolute atomic E-state index is 13.9. The van der Waals surface area contributed by atoms with E-state index in [1.54, 1.807) is 0 Å². The van der Waals surface area contributed by atoms with E-state index in [1.165, 1.54) is 24.8 Å². The van der Waals surface area contributed by atoms with Gasteiger partial charge in [-0.05, 0) is 45.1 Å². The molecule has 1 aliphatic carbocycles. The number of nitrogens with one attached hydrogen (secondary N) is 1. The van der Waals surface area contributed by atoms with Gasteiger partial charge in [-0.25, -0.2) is 0 Å². The highest BCUT2D eigenvalue weighted by Crippen LogP contribution is 2.34. The highest BCUT2D eigenvalue weighted by Gasteiger charge is 2.48. The molecule has 5 rings (SSSR count). The molecule has 2 aromatic heterocycles. The van der Waals surface area contributed by atoms with E-state index in [4.69, 9.17) is 4.42 Å². The van der Waals surface area contributed by atoms with Gasteiger partial charge in [-0.2, -0.15) is 0 Å². The first-order valence-corrected chi connectivity index (χ1v) is 13.2. The molecule has 186 valence electrons. The number of fused-ring (bicyclic) bond motifs is 3. The Labute approximate surface area is 207 Å². The molecule has 3 heterocycles. The Kier molecular flexibility index (Phi) is 6.72. The van der Waals surface area contributed by atoms with Gasteiger partial charge in [0.15, 0.2) is 5.58 Å². The van der Waals surface area contributed by atoms with Gasteiger partial charge in [-0.15, -0.1) is 0 Å². The molecule has 1 aromatic carbocycles. The van der Waals surface area contributed by atoms with Crippen molar-refractivity contribution in [1.29, 1.82) is 0 Å². The maximum Gasteiger partial charge on any atom is 0.271 e. The van der Waals surface area contributed by atoms with Gasteiger partial charge in [-0.3, -0.25) is 9.59 Å². The van der Waals surface area contributed by atoms with Crippen molar-refractivity contribution in [3.63, 3.8) is 0 Å². The Hall–Kier alpha value is -3.02. The molecule has 6 heteroatoms. The molecule has 35 heavy (non-hydrogen) atoms. The van der Waals surface area contributed by atoms with Gasteiger partial charge in [0.2, 0.25) is 5.91 Å². The first-order chi connectivity index (χ1) is 17.0. The van der Waals surface area contributed by atoms with Crippen LogP contribution in [-0.4, -0.2) is 39.4 Å². The van der Waals surface area contributed by atoms with Gasteiger partial charge in [0, 0.05) is 24.7 Å². The molecular weight excluding hydrogens is 438 g/mol. The second-order valence-electron chi connectivity index (χ2n) is 10.6. The van der Waals surface area contributed by atoms with E-state index in [9.17, 15) is 9.59 Å². The van der Waals surface area contributed by atoms with Crippen LogP contribution in [-0.2, 0) is 17.8 Å². The summed E-state index contributed by atoms with van der Waals surface area (Å²) >= 11 is 0. The van der Waals surface area contributed by atoms with Crippen LogP contribution in [0.4, 0.5) is 0 Å². The highest BCUT2D eigenvalue weighted by molar-refractivity contribution is 6.03. The van der Waals surface area contributed by atoms with Gasteiger partial charge < -0.3 is 19.2 Å². The van der Waals surface area contributed by atoms with E-state index in [-0.39, 0.29) is 17.9 Å². The lowest BCUT2D eigenvalue weighted by Crippen LogP contribution is -2.65. The minimum absolute atomic E-state index is 0.0381. The van der Waals surface area contributed by atoms with E-state index < -0.39 is 5.54 Å². The van der Waals surface area contributed by atoms with Crippen LogP contribution in [0.15, 0.2) is 46.9 Å². The van der Waals surface area contributed by atoms with Crippen molar-refractivity contribution in [2.75, 3.05) is 6.54 Å². The number of benzene rings is 1. The summed E-state index contributed by atoms with van der Waals surface area (Å²) in [7, 11) is 0. The van der Waals surface area contributed by atoms with Crippen LogP contribution in [0.5, 0.6) is 0 Å². The summed E-state index contributed by atoms with van der Waals surface area (Å²) < 4.78 is 7.81. The van der Waals surface area contributed by atoms with E-state index >= 15 is 0 Å². The lowest BCUT2D eigenvalue weighted by atomic mass is 9.91. The normalized spacial score (nSPS) is 21.5. The number of carbonyl (C=O) groups excluding carboxylic acids is 2. The van der Waals surface area contributed by atoms with Crippen molar-refractivity contribution in [2.45, 2.75) is 89.8 Å². The summed E-state index contributed by atoms with van der Waals surface area (Å²) in [6.45, 7) is 4.82. The molecule has 1 aliphatic heterocycles. The third kappa shape index (κ3) is 4.75. The van der Waals surface area contributed by atoms with Gasteiger partial charge in [0.25, 0.3) is 5.91 Å². The quantitative estimate of drug-likeness (QED) is 0.503. The summed E-state index contributed by atoms with van der Waals surface area (Å²) in [4.78, 5) is 29.5. The minimum atomic E-state index is -0.958. The van der Waals surface area contributed by atoms with Crippen LogP contribution in [0.1, 0.15) is 80.1 Å². The van der Waals surface area contributed by atoms with E-state index in [0.717, 1.165) is 49.8 Å². The molecule has 0 saturated heterocycles. The van der Waals surface area contributed by atoms with Crippen LogP contribution < -0.4 is 5.32 Å². The zero-order chi connectivity index (χ0) is 24.4. The van der Waals surface area contributed by atoms with E-state index in [2.05, 4.69) is 17.4 Å². The predicted octanol–water partition coefficient (Wildman–Crippen LogP) is 5.62. The minimum Gasteiger partial charge on any atom is -0.460 e. The largest absolute Gasteiger partial charge is 0.460 e. The number of furan rings is 1. The fraction of sp³-hybridized carbons (Fsp3) is 0.517. The maximum atomic E-state index is 13.9. The molecule has 0 unspecified atom stereocenters. The molecule has 6 nitrogen and oxygen atoms in total. The van der Waals surface area contributed by atoms with Gasteiger partial charge >= 0.3 is 0 Å². The number of amides is 2. The number of hydrogen-bond donors (Lipinski definition) is 1. The SMILES string of the molecule is Cc1cc2c(cc3n2C[C@@](C)(C(=O)NC2CCCCCCC2)N(CCCc2ccccc2)C3=O)o1. The summed E-state index contributed by atoms with van der Waals surface area (Å²) in [5.41, 5.74) is 2.49. The second-order valence-corrected chi connectivity index (χ2v) is 10.6. The average Bonchev–Trinajstić information content (AvgIpc) is 3.35. The smallest absolute Gasteiger partial charge is 0.271 e. The summed E-state index contributed by atoms with van der Waals surface area (Å²) in [5.74, 6) is 0.677. The van der Waals surface area contributed by atoms with Gasteiger partial charge in [-0.1, -0.05) is 62.4 Å². The lowest BCUT2D eigenvalue weighted by Gasteiger charge is -2.44. The number of hydrogen-bond acceptors (Lipinski definition) is 3. The number of aromatic nitrogens is 1. The molecule has 1 fully saturated rings.